The van der Waals surface area contributed by atoms with Crippen LogP contribution in [0.5, 0.6) is 0 Å². The van der Waals surface area contributed by atoms with Crippen LogP contribution in [-0.2, 0) is 0 Å². The van der Waals surface area contributed by atoms with Crippen molar-refractivity contribution >= 4 is 12.0 Å². The molecule has 0 saturated carbocycles. The first kappa shape index (κ1) is 18.2. The van der Waals surface area contributed by atoms with E-state index in [1.807, 2.05) is 37.3 Å². The summed E-state index contributed by atoms with van der Waals surface area (Å²) in [4.78, 5) is 10.8. The van der Waals surface area contributed by atoms with Crippen LogP contribution in [0.1, 0.15) is 27.0 Å². The van der Waals surface area contributed by atoms with Crippen LogP contribution >= 0.6 is 0 Å². The number of hydrogen-bond acceptors (Lipinski definition) is 1. The van der Waals surface area contributed by atoms with Crippen LogP contribution in [0.2, 0.25) is 0 Å². The van der Waals surface area contributed by atoms with Crippen molar-refractivity contribution in [1.29, 1.82) is 0 Å². The molecule has 27 heavy (non-hydrogen) atoms. The maximum atomic E-state index is 14.3. The molecule has 0 aliphatic heterocycles. The van der Waals surface area contributed by atoms with E-state index in [2.05, 4.69) is 11.8 Å². The highest BCUT2D eigenvalue weighted by molar-refractivity contribution is 5.87. The number of carboxylic acid groups (broad SMARTS) is 1. The van der Waals surface area contributed by atoms with Gasteiger partial charge in [0.25, 0.3) is 0 Å². The quantitative estimate of drug-likeness (QED) is 0.624. The number of aryl methyl sites for hydroxylation is 1. The van der Waals surface area contributed by atoms with E-state index >= 15 is 0 Å². The highest BCUT2D eigenvalue weighted by atomic mass is 19.1. The minimum absolute atomic E-state index is 0.213. The summed E-state index contributed by atoms with van der Waals surface area (Å²) < 4.78 is 14.3. The van der Waals surface area contributed by atoms with Crippen molar-refractivity contribution in [3.63, 3.8) is 0 Å². The third-order valence-electron chi connectivity index (χ3n) is 4.10. The van der Waals surface area contributed by atoms with Gasteiger partial charge in [-0.3, -0.25) is 0 Å². The first-order valence-electron chi connectivity index (χ1n) is 8.41. The number of carboxylic acids is 1. The standard InChI is InChI=1S/C24H17FO2/c1-17-9-13-19(14-10-17)21-7-4-8-23(25)22(21)6-3-2-5-18-11-15-20(16-12-18)24(26)27/h3-4,6-16H,1H3,(H,26,27). The summed E-state index contributed by atoms with van der Waals surface area (Å²) in [5, 5.41) is 8.89. The van der Waals surface area contributed by atoms with E-state index in [1.54, 1.807) is 30.4 Å². The summed E-state index contributed by atoms with van der Waals surface area (Å²) in [6.45, 7) is 2.01. The molecule has 0 spiro atoms. The number of halogens is 1. The lowest BCUT2D eigenvalue weighted by atomic mass is 9.98. The molecular formula is C24H17FO2. The maximum absolute atomic E-state index is 14.3. The van der Waals surface area contributed by atoms with Gasteiger partial charge in [0.2, 0.25) is 0 Å². The summed E-state index contributed by atoms with van der Waals surface area (Å²) in [5.41, 5.74) is 4.28. The van der Waals surface area contributed by atoms with Crippen LogP contribution in [0.15, 0.2) is 72.8 Å². The highest BCUT2D eigenvalue weighted by Crippen LogP contribution is 2.27. The molecule has 132 valence electrons. The van der Waals surface area contributed by atoms with Crippen LogP contribution < -0.4 is 0 Å². The lowest BCUT2D eigenvalue weighted by Crippen LogP contribution is -1.94. The minimum atomic E-state index is -0.974. The number of rotatable bonds is 3. The summed E-state index contributed by atoms with van der Waals surface area (Å²) in [7, 11) is 0. The Morgan fingerprint density at radius 1 is 1.00 bits per heavy atom. The van der Waals surface area contributed by atoms with E-state index in [-0.39, 0.29) is 11.4 Å². The first-order valence-corrected chi connectivity index (χ1v) is 8.41. The van der Waals surface area contributed by atoms with Gasteiger partial charge < -0.3 is 5.11 Å². The fourth-order valence-corrected chi connectivity index (χ4v) is 2.64. The Hall–Kier alpha value is -3.64. The smallest absolute Gasteiger partial charge is 0.335 e. The molecule has 0 aliphatic rings. The molecule has 3 aromatic carbocycles. The monoisotopic (exact) mass is 356 g/mol. The van der Waals surface area contributed by atoms with Gasteiger partial charge in [-0.15, -0.1) is 0 Å². The molecule has 0 aromatic heterocycles. The van der Waals surface area contributed by atoms with E-state index in [9.17, 15) is 9.18 Å². The normalized spacial score (nSPS) is 10.4. The molecule has 0 atom stereocenters. The third kappa shape index (κ3) is 4.50. The van der Waals surface area contributed by atoms with Gasteiger partial charge in [-0.2, -0.15) is 0 Å². The summed E-state index contributed by atoms with van der Waals surface area (Å²) >= 11 is 0. The second-order valence-electron chi connectivity index (χ2n) is 6.05. The lowest BCUT2D eigenvalue weighted by Gasteiger charge is -2.07. The van der Waals surface area contributed by atoms with E-state index in [4.69, 9.17) is 5.11 Å². The number of aromatic carboxylic acids is 1. The van der Waals surface area contributed by atoms with Crippen LogP contribution in [0.3, 0.4) is 0 Å². The van der Waals surface area contributed by atoms with Crippen molar-refractivity contribution in [1.82, 2.24) is 0 Å². The van der Waals surface area contributed by atoms with Gasteiger partial charge in [0.05, 0.1) is 5.56 Å². The molecule has 3 rings (SSSR count). The van der Waals surface area contributed by atoms with Crippen molar-refractivity contribution in [2.24, 2.45) is 0 Å². The Morgan fingerprint density at radius 2 is 1.70 bits per heavy atom. The number of allylic oxidation sites excluding steroid dienone is 1. The predicted octanol–water partition coefficient (Wildman–Crippen LogP) is 5.56. The summed E-state index contributed by atoms with van der Waals surface area (Å²) in [6.07, 6.45) is 3.25. The van der Waals surface area contributed by atoms with Crippen molar-refractivity contribution in [3.8, 4) is 23.0 Å². The maximum Gasteiger partial charge on any atom is 0.335 e. The Kier molecular flexibility index (Phi) is 5.49. The SMILES string of the molecule is Cc1ccc(-c2cccc(F)c2C=CC#Cc2ccc(C(=O)O)cc2)cc1. The molecule has 0 fully saturated rings. The zero-order valence-electron chi connectivity index (χ0n) is 14.7. The second kappa shape index (κ2) is 8.16. The van der Waals surface area contributed by atoms with E-state index in [0.717, 1.165) is 16.7 Å². The fourth-order valence-electron chi connectivity index (χ4n) is 2.64. The zero-order valence-corrected chi connectivity index (χ0v) is 14.7. The third-order valence-corrected chi connectivity index (χ3v) is 4.10. The summed E-state index contributed by atoms with van der Waals surface area (Å²) in [6, 6.07) is 19.2. The van der Waals surface area contributed by atoms with E-state index < -0.39 is 5.97 Å². The lowest BCUT2D eigenvalue weighted by molar-refractivity contribution is 0.0697. The molecule has 0 amide bonds. The van der Waals surface area contributed by atoms with Gasteiger partial charge in [0.15, 0.2) is 0 Å². The van der Waals surface area contributed by atoms with Gasteiger partial charge in [0.1, 0.15) is 5.82 Å². The molecule has 1 N–H and O–H groups in total. The average Bonchev–Trinajstić information content (AvgIpc) is 2.67. The molecule has 3 aromatic rings. The molecule has 0 bridgehead atoms. The van der Waals surface area contributed by atoms with Gasteiger partial charge in [-0.1, -0.05) is 53.8 Å². The molecule has 0 radical (unpaired) electrons. The average molecular weight is 356 g/mol. The number of benzene rings is 3. The molecular weight excluding hydrogens is 339 g/mol. The van der Waals surface area contributed by atoms with Gasteiger partial charge >= 0.3 is 5.97 Å². The van der Waals surface area contributed by atoms with E-state index in [0.29, 0.717) is 11.1 Å². The van der Waals surface area contributed by atoms with Crippen molar-refractivity contribution in [3.05, 3.63) is 101 Å². The first-order chi connectivity index (χ1) is 13.0. The van der Waals surface area contributed by atoms with Crippen LogP contribution in [0, 0.1) is 24.6 Å². The summed E-state index contributed by atoms with van der Waals surface area (Å²) in [5.74, 6) is 4.50. The Morgan fingerprint density at radius 3 is 2.37 bits per heavy atom. The fraction of sp³-hybridized carbons (Fsp3) is 0.0417. The van der Waals surface area contributed by atoms with Gasteiger partial charge in [0, 0.05) is 11.1 Å². The molecule has 2 nitrogen and oxygen atoms in total. The zero-order chi connectivity index (χ0) is 19.2. The van der Waals surface area contributed by atoms with Crippen molar-refractivity contribution in [2.75, 3.05) is 0 Å². The van der Waals surface area contributed by atoms with Gasteiger partial charge in [-0.25, -0.2) is 9.18 Å². The Bertz CT molecular complexity index is 1050. The molecule has 0 heterocycles. The number of hydrogen-bond donors (Lipinski definition) is 1. The largest absolute Gasteiger partial charge is 0.478 e. The molecule has 3 heteroatoms. The Labute approximate surface area is 157 Å². The highest BCUT2D eigenvalue weighted by Gasteiger charge is 2.07. The van der Waals surface area contributed by atoms with Crippen molar-refractivity contribution in [2.45, 2.75) is 6.92 Å². The van der Waals surface area contributed by atoms with Crippen LogP contribution in [0.25, 0.3) is 17.2 Å². The second-order valence-corrected chi connectivity index (χ2v) is 6.05. The van der Waals surface area contributed by atoms with Crippen LogP contribution in [-0.4, -0.2) is 11.1 Å². The molecule has 0 saturated heterocycles. The topological polar surface area (TPSA) is 37.3 Å². The number of carbonyl (C=O) groups is 1. The Balaban J connectivity index is 1.86. The van der Waals surface area contributed by atoms with Crippen molar-refractivity contribution < 1.29 is 14.3 Å². The minimum Gasteiger partial charge on any atom is -0.478 e. The van der Waals surface area contributed by atoms with Crippen LogP contribution in [0.4, 0.5) is 4.39 Å². The van der Waals surface area contributed by atoms with Gasteiger partial charge in [-0.05, 0) is 60.5 Å². The molecule has 0 aliphatic carbocycles. The predicted molar refractivity (Wildman–Crippen MR) is 106 cm³/mol. The molecule has 0 unspecified atom stereocenters. The van der Waals surface area contributed by atoms with E-state index in [1.165, 1.54) is 18.2 Å².